The van der Waals surface area contributed by atoms with E-state index >= 15 is 0 Å². The van der Waals surface area contributed by atoms with Gasteiger partial charge in [-0.3, -0.25) is 19.2 Å². The third kappa shape index (κ3) is 9.70. The monoisotopic (exact) mass is 1040 g/mol. The van der Waals surface area contributed by atoms with E-state index in [1.165, 1.54) is 111 Å². The molecule has 4 nitrogen and oxygen atoms in total. The summed E-state index contributed by atoms with van der Waals surface area (Å²) in [5, 5.41) is 2.48. The van der Waals surface area contributed by atoms with Crippen molar-refractivity contribution in [2.45, 2.75) is 235 Å². The van der Waals surface area contributed by atoms with Gasteiger partial charge in [-0.1, -0.05) is 80.4 Å². The summed E-state index contributed by atoms with van der Waals surface area (Å²) in [6, 6.07) is 0. The molecule has 0 amide bonds. The molecule has 418 valence electrons. The molecule has 0 aromatic heterocycles. The van der Waals surface area contributed by atoms with Crippen LogP contribution in [0.4, 0.5) is 0 Å². The van der Waals surface area contributed by atoms with Gasteiger partial charge in [0.15, 0.2) is 23.1 Å². The van der Waals surface area contributed by atoms with E-state index in [0.717, 1.165) is 55.7 Å². The molecule has 4 aliphatic carbocycles. The van der Waals surface area contributed by atoms with Crippen LogP contribution in [0.15, 0.2) is 33.4 Å². The quantitative estimate of drug-likeness (QED) is 0.176. The van der Waals surface area contributed by atoms with Crippen molar-refractivity contribution in [3.8, 4) is 0 Å². The fraction of sp³-hybridized carbons (Fsp3) is 0.534. The first-order chi connectivity index (χ1) is 34.7. The van der Waals surface area contributed by atoms with Gasteiger partial charge < -0.3 is 0 Å². The van der Waals surface area contributed by atoms with E-state index in [9.17, 15) is 19.2 Å². The summed E-state index contributed by atoms with van der Waals surface area (Å²) in [7, 11) is 0. The number of ketones is 4. The van der Waals surface area contributed by atoms with Crippen LogP contribution in [0.5, 0.6) is 0 Å². The lowest BCUT2D eigenvalue weighted by Crippen LogP contribution is -2.53. The molecule has 4 aromatic carbocycles. The van der Waals surface area contributed by atoms with Gasteiger partial charge in [0, 0.05) is 38.5 Å². The lowest BCUT2D eigenvalue weighted by atomic mass is 9.47. The van der Waals surface area contributed by atoms with Crippen molar-refractivity contribution in [2.75, 3.05) is 0 Å². The Morgan fingerprint density at radius 2 is 0.468 bits per heavy atom. The second-order valence-electron chi connectivity index (χ2n) is 26.7. The molecule has 0 atom stereocenters. The summed E-state index contributed by atoms with van der Waals surface area (Å²) in [6.45, 7) is 72.3. The Labute approximate surface area is 469 Å². The van der Waals surface area contributed by atoms with Crippen LogP contribution in [0.25, 0.3) is 21.9 Å². The van der Waals surface area contributed by atoms with E-state index in [2.05, 4.69) is 194 Å². The maximum atomic E-state index is 12.9. The molecule has 0 heterocycles. The molecular formula is C73H102O4. The van der Waals surface area contributed by atoms with E-state index in [-0.39, 0.29) is 38.6 Å². The summed E-state index contributed by atoms with van der Waals surface area (Å²) in [6.07, 6.45) is 0. The van der Waals surface area contributed by atoms with E-state index in [4.69, 9.17) is 0 Å². The summed E-state index contributed by atoms with van der Waals surface area (Å²) in [4.78, 5) is 49.2. The van der Waals surface area contributed by atoms with Crippen LogP contribution in [0.2, 0.25) is 0 Å². The maximum Gasteiger partial charge on any atom is 0.189 e. The predicted octanol–water partition coefficient (Wildman–Crippen LogP) is 20.1. The lowest BCUT2D eigenvalue weighted by Gasteiger charge is -2.55. The average Bonchev–Trinajstić information content (AvgIpc) is 3.65. The van der Waals surface area contributed by atoms with Gasteiger partial charge in [0.25, 0.3) is 0 Å². The number of hydrogen-bond donors (Lipinski definition) is 0. The van der Waals surface area contributed by atoms with Gasteiger partial charge in [0.1, 0.15) is 0 Å². The number of Topliss-reactive ketones (excluding diaryl/α,β-unsaturated/α-hetero) is 4. The number of fused-ring (bicyclic) bond motifs is 1. The van der Waals surface area contributed by atoms with Crippen LogP contribution in [-0.4, -0.2) is 23.1 Å². The third-order valence-corrected chi connectivity index (χ3v) is 23.1. The van der Waals surface area contributed by atoms with Crippen LogP contribution < -0.4 is 0 Å². The molecule has 8 rings (SSSR count). The smallest absolute Gasteiger partial charge is 0.189 e. The van der Waals surface area contributed by atoms with Gasteiger partial charge in [0.05, 0.1) is 0 Å². The van der Waals surface area contributed by atoms with E-state index < -0.39 is 0 Å². The average molecular weight is 1040 g/mol. The molecule has 0 fully saturated rings. The highest BCUT2D eigenvalue weighted by Crippen LogP contribution is 2.59. The molecule has 77 heavy (non-hydrogen) atoms. The van der Waals surface area contributed by atoms with Gasteiger partial charge >= 0.3 is 0 Å². The minimum Gasteiger partial charge on any atom is -0.294 e. The van der Waals surface area contributed by atoms with Crippen LogP contribution >= 0.6 is 0 Å². The molecule has 0 saturated heterocycles. The minimum absolute atomic E-state index is 0.0132. The summed E-state index contributed by atoms with van der Waals surface area (Å²) >= 11 is 0. The molecule has 0 N–H and O–H groups in total. The molecule has 4 heteroatoms. The fourth-order valence-corrected chi connectivity index (χ4v) is 12.8. The number of benzene rings is 4. The summed E-state index contributed by atoms with van der Waals surface area (Å²) < 4.78 is 0. The molecule has 4 aliphatic rings. The second kappa shape index (κ2) is 21.4. The Morgan fingerprint density at radius 1 is 0.208 bits per heavy atom. The first kappa shape index (κ1) is 64.3. The van der Waals surface area contributed by atoms with E-state index in [1.807, 2.05) is 41.5 Å². The number of aryl methyl sites for hydroxylation is 2. The highest BCUT2D eigenvalue weighted by molar-refractivity contribution is 6.26. The molecule has 0 saturated carbocycles. The van der Waals surface area contributed by atoms with Crippen molar-refractivity contribution in [3.63, 3.8) is 0 Å². The Balaban J connectivity index is 0.000000212. The summed E-state index contributed by atoms with van der Waals surface area (Å²) in [5.41, 5.74) is 33.9. The van der Waals surface area contributed by atoms with Gasteiger partial charge in [-0.15, -0.1) is 0 Å². The maximum absolute atomic E-state index is 12.9. The predicted molar refractivity (Wildman–Crippen MR) is 333 cm³/mol. The Morgan fingerprint density at radius 3 is 0.805 bits per heavy atom. The van der Waals surface area contributed by atoms with Crippen LogP contribution in [-0.2, 0) is 9.59 Å². The normalized spacial score (nSPS) is 18.4. The second-order valence-corrected chi connectivity index (χ2v) is 26.7. The summed E-state index contributed by atoms with van der Waals surface area (Å²) in [5.74, 6) is 1.05. The van der Waals surface area contributed by atoms with Crippen molar-refractivity contribution in [1.82, 2.24) is 0 Å². The molecule has 4 aromatic rings. The zero-order chi connectivity index (χ0) is 60.1. The number of hydrogen-bond acceptors (Lipinski definition) is 4. The van der Waals surface area contributed by atoms with Crippen molar-refractivity contribution >= 4 is 45.1 Å². The van der Waals surface area contributed by atoms with Crippen molar-refractivity contribution in [2.24, 2.45) is 27.1 Å². The van der Waals surface area contributed by atoms with E-state index in [0.29, 0.717) is 11.6 Å². The SMILES string of the molecule is CC1=C(C)C(C)(C)C(C)(C)C(C)(C)C1=O.CC1=C(C)C(C)(C)C(C)(C)C1=O.CC1=C(C)c2c(C)c(C)c(C)c(C)c2C1=O.CC1=C(C)c2c(C)c(C)c(C)c3c(C)c(C)c(C)c(c23)C1=O.Cc1c(C)c(C)c(C)c(C)c1C. The van der Waals surface area contributed by atoms with Crippen LogP contribution in [0.1, 0.15) is 245 Å². The molecular weight excluding hydrogens is 941 g/mol. The first-order valence-corrected chi connectivity index (χ1v) is 28.3. The largest absolute Gasteiger partial charge is 0.294 e. The van der Waals surface area contributed by atoms with Crippen molar-refractivity contribution in [1.29, 1.82) is 0 Å². The number of allylic oxidation sites excluding steroid dienone is 8. The van der Waals surface area contributed by atoms with Crippen molar-refractivity contribution in [3.05, 3.63) is 145 Å². The Kier molecular flexibility index (Phi) is 17.9. The van der Waals surface area contributed by atoms with Crippen LogP contribution in [0, 0.1) is 138 Å². The molecule has 0 spiro atoms. The molecule has 0 bridgehead atoms. The minimum atomic E-state index is -0.278. The van der Waals surface area contributed by atoms with Crippen LogP contribution in [0.3, 0.4) is 0 Å². The third-order valence-electron chi connectivity index (χ3n) is 23.1. The highest BCUT2D eigenvalue weighted by atomic mass is 16.1. The highest BCUT2D eigenvalue weighted by Gasteiger charge is 2.56. The number of carbonyl (C=O) groups excluding carboxylic acids is 4. The Bertz CT molecular complexity index is 3270. The topological polar surface area (TPSA) is 68.3 Å². The fourth-order valence-electron chi connectivity index (χ4n) is 12.8. The number of rotatable bonds is 0. The molecule has 0 aliphatic heterocycles. The molecule has 0 radical (unpaired) electrons. The standard InChI is InChI=1S/C21H24O.C15H18O.C14H24O.C12H18.C11H18O/c1-9-11(3)17-13(5)10(2)14(6)19-20(17)18(12(9)4)15(7)16(8)21(19)22;1-7-8(2)10(4)14-13(9(7)3)11(5)12(6)15(14)16;1-9-10(2)12(3,4)14(7,8)13(5,6)11(9)15;1-7-8(2)10(4)12(6)11(5)9(7)3;1-7-8(2)10(3,4)11(5,6)9(7)12/h1-8H3;1-6H3;1-8H3;2*1-6H3. The zero-order valence-corrected chi connectivity index (χ0v) is 55.1. The zero-order valence-electron chi connectivity index (χ0n) is 55.1. The number of carbonyl (C=O) groups is 4. The van der Waals surface area contributed by atoms with Gasteiger partial charge in [-0.2, -0.15) is 0 Å². The Hall–Kier alpha value is -5.22. The van der Waals surface area contributed by atoms with Gasteiger partial charge in [-0.05, 0) is 310 Å². The van der Waals surface area contributed by atoms with Crippen molar-refractivity contribution < 1.29 is 19.2 Å². The molecule has 0 unspecified atom stereocenters. The van der Waals surface area contributed by atoms with Gasteiger partial charge in [0.2, 0.25) is 0 Å². The lowest BCUT2D eigenvalue weighted by molar-refractivity contribution is -0.136. The first-order valence-electron chi connectivity index (χ1n) is 28.3. The van der Waals surface area contributed by atoms with Gasteiger partial charge in [-0.25, -0.2) is 0 Å². The van der Waals surface area contributed by atoms with E-state index in [1.54, 1.807) is 0 Å².